The highest BCUT2D eigenvalue weighted by Gasteiger charge is 2.46. The molecule has 1 amide bonds. The summed E-state index contributed by atoms with van der Waals surface area (Å²) in [6.45, 7) is 12.1. The molecule has 192 valence electrons. The van der Waals surface area contributed by atoms with Crippen molar-refractivity contribution >= 4 is 17.4 Å². The molecule has 2 aromatic rings. The number of morpholine rings is 1. The van der Waals surface area contributed by atoms with Crippen molar-refractivity contribution in [3.8, 4) is 5.75 Å². The van der Waals surface area contributed by atoms with E-state index < -0.39 is 17.7 Å². The standard InChI is InChI=1S/C29H36N2O5/c1-19(2)21-5-7-22(8-6-21)26-25(27(32)23-9-11-24(12-10-23)36-20(3)4)28(33)29(34)31(26)14-13-30-15-17-35-18-16-30/h5-12,19-20,26,32H,13-18H2,1-4H3/b27-25+/t26-/m1/s1. The fourth-order valence-corrected chi connectivity index (χ4v) is 4.71. The van der Waals surface area contributed by atoms with Gasteiger partial charge in [0.15, 0.2) is 0 Å². The molecular formula is C29H36N2O5. The van der Waals surface area contributed by atoms with E-state index in [1.165, 1.54) is 5.56 Å². The van der Waals surface area contributed by atoms with Gasteiger partial charge in [-0.3, -0.25) is 14.5 Å². The second-order valence-electron chi connectivity index (χ2n) is 9.96. The Morgan fingerprint density at radius 3 is 2.19 bits per heavy atom. The molecule has 0 saturated carbocycles. The van der Waals surface area contributed by atoms with Gasteiger partial charge < -0.3 is 19.5 Å². The van der Waals surface area contributed by atoms with E-state index >= 15 is 0 Å². The molecule has 2 aliphatic heterocycles. The monoisotopic (exact) mass is 492 g/mol. The number of Topliss-reactive ketones (excluding diaryl/α,β-unsaturated/α-hetero) is 1. The van der Waals surface area contributed by atoms with Crippen LogP contribution in [-0.4, -0.2) is 72.1 Å². The average molecular weight is 493 g/mol. The Kier molecular flexibility index (Phi) is 8.11. The number of carbonyl (C=O) groups excluding carboxylic acids is 2. The van der Waals surface area contributed by atoms with E-state index in [0.29, 0.717) is 43.5 Å². The SMILES string of the molecule is CC(C)Oc1ccc(/C(O)=C2\C(=O)C(=O)N(CCN3CCOCC3)[C@@H]2c2ccc(C(C)C)cc2)cc1. The lowest BCUT2D eigenvalue weighted by atomic mass is 9.93. The molecule has 2 fully saturated rings. The molecule has 2 heterocycles. The minimum absolute atomic E-state index is 0.0232. The highest BCUT2D eigenvalue weighted by molar-refractivity contribution is 6.46. The molecule has 0 unspecified atom stereocenters. The van der Waals surface area contributed by atoms with Gasteiger partial charge in [-0.25, -0.2) is 0 Å². The summed E-state index contributed by atoms with van der Waals surface area (Å²) < 4.78 is 11.1. The zero-order chi connectivity index (χ0) is 25.8. The van der Waals surface area contributed by atoms with Crippen LogP contribution < -0.4 is 4.74 Å². The van der Waals surface area contributed by atoms with Crippen molar-refractivity contribution < 1.29 is 24.2 Å². The van der Waals surface area contributed by atoms with Gasteiger partial charge in [0.1, 0.15) is 11.5 Å². The van der Waals surface area contributed by atoms with E-state index in [9.17, 15) is 14.7 Å². The minimum atomic E-state index is -0.657. The van der Waals surface area contributed by atoms with E-state index in [2.05, 4.69) is 18.7 Å². The van der Waals surface area contributed by atoms with Crippen LogP contribution in [0.1, 0.15) is 56.3 Å². The number of carbonyl (C=O) groups is 2. The second kappa shape index (κ2) is 11.3. The number of rotatable bonds is 8. The summed E-state index contributed by atoms with van der Waals surface area (Å²) >= 11 is 0. The first-order valence-corrected chi connectivity index (χ1v) is 12.7. The summed E-state index contributed by atoms with van der Waals surface area (Å²) in [6.07, 6.45) is 0.0232. The smallest absolute Gasteiger partial charge is 0.295 e. The molecule has 1 N–H and O–H groups in total. The first kappa shape index (κ1) is 25.9. The maximum Gasteiger partial charge on any atom is 0.295 e. The average Bonchev–Trinajstić information content (AvgIpc) is 3.12. The number of amides is 1. The van der Waals surface area contributed by atoms with E-state index in [1.54, 1.807) is 29.2 Å². The Morgan fingerprint density at radius 2 is 1.61 bits per heavy atom. The number of nitrogens with zero attached hydrogens (tertiary/aromatic N) is 2. The zero-order valence-electron chi connectivity index (χ0n) is 21.6. The van der Waals surface area contributed by atoms with Crippen molar-refractivity contribution in [3.63, 3.8) is 0 Å². The van der Waals surface area contributed by atoms with Gasteiger partial charge in [-0.2, -0.15) is 0 Å². The fourth-order valence-electron chi connectivity index (χ4n) is 4.71. The maximum atomic E-state index is 13.3. The quantitative estimate of drug-likeness (QED) is 0.335. The van der Waals surface area contributed by atoms with Crippen LogP contribution in [0.25, 0.3) is 5.76 Å². The number of likely N-dealkylation sites (tertiary alicyclic amines) is 1. The van der Waals surface area contributed by atoms with Crippen LogP contribution in [0.5, 0.6) is 5.75 Å². The topological polar surface area (TPSA) is 79.3 Å². The Hall–Kier alpha value is -3.16. The number of benzene rings is 2. The third kappa shape index (κ3) is 5.63. The number of hydrogen-bond donors (Lipinski definition) is 1. The summed E-state index contributed by atoms with van der Waals surface area (Å²) in [5.41, 5.74) is 2.57. The number of aliphatic hydroxyl groups excluding tert-OH is 1. The van der Waals surface area contributed by atoms with E-state index in [1.807, 2.05) is 38.1 Å². The van der Waals surface area contributed by atoms with Gasteiger partial charge in [0.2, 0.25) is 0 Å². The molecule has 36 heavy (non-hydrogen) atoms. The van der Waals surface area contributed by atoms with Gasteiger partial charge in [0, 0.05) is 31.7 Å². The summed E-state index contributed by atoms with van der Waals surface area (Å²) in [4.78, 5) is 30.3. The van der Waals surface area contributed by atoms with Gasteiger partial charge in [0.05, 0.1) is 30.9 Å². The molecule has 0 bridgehead atoms. The summed E-state index contributed by atoms with van der Waals surface area (Å²) in [5, 5.41) is 11.3. The second-order valence-corrected chi connectivity index (χ2v) is 9.96. The van der Waals surface area contributed by atoms with Crippen LogP contribution in [0.4, 0.5) is 0 Å². The van der Waals surface area contributed by atoms with Crippen molar-refractivity contribution in [1.29, 1.82) is 0 Å². The van der Waals surface area contributed by atoms with Crippen LogP contribution in [0.15, 0.2) is 54.1 Å². The first-order valence-electron chi connectivity index (χ1n) is 12.7. The van der Waals surface area contributed by atoms with E-state index in [0.717, 1.165) is 18.7 Å². The number of ketones is 1. The molecule has 4 rings (SSSR count). The Morgan fingerprint density at radius 1 is 0.972 bits per heavy atom. The zero-order valence-corrected chi connectivity index (χ0v) is 21.6. The molecule has 2 aromatic carbocycles. The largest absolute Gasteiger partial charge is 0.507 e. The third-order valence-corrected chi connectivity index (χ3v) is 6.72. The molecular weight excluding hydrogens is 456 g/mol. The molecule has 1 atom stereocenters. The molecule has 7 heteroatoms. The highest BCUT2D eigenvalue weighted by atomic mass is 16.5. The Balaban J connectivity index is 1.70. The number of aliphatic hydroxyl groups is 1. The van der Waals surface area contributed by atoms with Crippen molar-refractivity contribution in [2.24, 2.45) is 0 Å². The third-order valence-electron chi connectivity index (χ3n) is 6.72. The molecule has 2 saturated heterocycles. The number of hydrogen-bond acceptors (Lipinski definition) is 6. The normalized spacial score (nSPS) is 20.5. The van der Waals surface area contributed by atoms with Crippen molar-refractivity contribution in [2.75, 3.05) is 39.4 Å². The van der Waals surface area contributed by atoms with Gasteiger partial charge in [0.25, 0.3) is 11.7 Å². The van der Waals surface area contributed by atoms with Gasteiger partial charge >= 0.3 is 0 Å². The van der Waals surface area contributed by atoms with Crippen molar-refractivity contribution in [2.45, 2.75) is 45.8 Å². The first-order chi connectivity index (χ1) is 17.3. The summed E-state index contributed by atoms with van der Waals surface area (Å²) in [7, 11) is 0. The molecule has 2 aliphatic rings. The predicted molar refractivity (Wildman–Crippen MR) is 139 cm³/mol. The molecule has 7 nitrogen and oxygen atoms in total. The maximum absolute atomic E-state index is 13.3. The molecule has 0 radical (unpaired) electrons. The van der Waals surface area contributed by atoms with Crippen molar-refractivity contribution in [3.05, 3.63) is 70.8 Å². The van der Waals surface area contributed by atoms with Gasteiger partial charge in [-0.1, -0.05) is 38.1 Å². The summed E-state index contributed by atoms with van der Waals surface area (Å²) in [5.74, 6) is -0.375. The lowest BCUT2D eigenvalue weighted by molar-refractivity contribution is -0.140. The van der Waals surface area contributed by atoms with Gasteiger partial charge in [-0.15, -0.1) is 0 Å². The molecule has 0 spiro atoms. The van der Waals surface area contributed by atoms with E-state index in [-0.39, 0.29) is 17.4 Å². The predicted octanol–water partition coefficient (Wildman–Crippen LogP) is 4.35. The van der Waals surface area contributed by atoms with Crippen LogP contribution >= 0.6 is 0 Å². The minimum Gasteiger partial charge on any atom is -0.507 e. The fraction of sp³-hybridized carbons (Fsp3) is 0.448. The van der Waals surface area contributed by atoms with Crippen LogP contribution in [0.2, 0.25) is 0 Å². The lowest BCUT2D eigenvalue weighted by Gasteiger charge is -2.31. The van der Waals surface area contributed by atoms with Gasteiger partial charge in [-0.05, 0) is 55.2 Å². The lowest BCUT2D eigenvalue weighted by Crippen LogP contribution is -2.42. The molecule has 0 aliphatic carbocycles. The van der Waals surface area contributed by atoms with Crippen LogP contribution in [0, 0.1) is 0 Å². The van der Waals surface area contributed by atoms with Crippen molar-refractivity contribution in [1.82, 2.24) is 9.80 Å². The summed E-state index contributed by atoms with van der Waals surface area (Å²) in [6, 6.07) is 14.3. The highest BCUT2D eigenvalue weighted by Crippen LogP contribution is 2.39. The molecule has 0 aromatic heterocycles. The Labute approximate surface area is 213 Å². The van der Waals surface area contributed by atoms with Crippen LogP contribution in [0.3, 0.4) is 0 Å². The Bertz CT molecular complexity index is 1100. The van der Waals surface area contributed by atoms with Crippen LogP contribution in [-0.2, 0) is 14.3 Å². The number of ether oxygens (including phenoxy) is 2. The van der Waals surface area contributed by atoms with E-state index in [4.69, 9.17) is 9.47 Å².